The number of benzene rings is 1. The van der Waals surface area contributed by atoms with Crippen molar-refractivity contribution in [3.63, 3.8) is 0 Å². The molecule has 0 saturated carbocycles. The number of H-pyrrole nitrogens is 1. The van der Waals surface area contributed by atoms with E-state index in [1.54, 1.807) is 36.5 Å². The van der Waals surface area contributed by atoms with Gasteiger partial charge in [-0.25, -0.2) is 4.98 Å². The molecule has 1 saturated heterocycles. The zero-order valence-corrected chi connectivity index (χ0v) is 22.0. The van der Waals surface area contributed by atoms with Crippen LogP contribution in [0.3, 0.4) is 0 Å². The normalized spacial score (nSPS) is 21.3. The molecule has 13 heteroatoms. The Morgan fingerprint density at radius 1 is 1.35 bits per heavy atom. The van der Waals surface area contributed by atoms with Gasteiger partial charge >= 0.3 is 29.6 Å². The van der Waals surface area contributed by atoms with Crippen LogP contribution in [0.25, 0.3) is 0 Å². The first-order chi connectivity index (χ1) is 15.9. The molecule has 0 radical (unpaired) electrons. The Bertz CT molecular complexity index is 1130. The first-order valence-corrected chi connectivity index (χ1v) is 11.9. The van der Waals surface area contributed by atoms with Crippen LogP contribution in [0.1, 0.15) is 16.2 Å². The number of thioether (sulfide) groups is 2. The summed E-state index contributed by atoms with van der Waals surface area (Å²) >= 11 is 2.20. The van der Waals surface area contributed by atoms with E-state index in [9.17, 15) is 24.3 Å². The molecule has 10 nitrogen and oxygen atoms in total. The predicted molar refractivity (Wildman–Crippen MR) is 119 cm³/mol. The van der Waals surface area contributed by atoms with E-state index in [1.165, 1.54) is 25.1 Å². The number of aromatic amines is 1. The van der Waals surface area contributed by atoms with Gasteiger partial charge < -0.3 is 24.9 Å². The van der Waals surface area contributed by atoms with Crippen LogP contribution < -0.4 is 40.0 Å². The first-order valence-electron chi connectivity index (χ1n) is 9.82. The number of fused-ring (bicyclic) bond motifs is 1. The molecule has 4 rings (SSSR count). The van der Waals surface area contributed by atoms with Gasteiger partial charge in [-0.1, -0.05) is 42.1 Å². The number of hydrogen-bond donors (Lipinski definition) is 2. The maximum Gasteiger partial charge on any atom is 1.00 e. The predicted octanol–water partition coefficient (Wildman–Crippen LogP) is -3.09. The Balaban J connectivity index is 0.00000324. The van der Waals surface area contributed by atoms with Gasteiger partial charge in [0.1, 0.15) is 11.2 Å². The van der Waals surface area contributed by atoms with Crippen LogP contribution in [0, 0.1) is 0 Å². The molecule has 1 aromatic carbocycles. The average molecular weight is 511 g/mol. The van der Waals surface area contributed by atoms with Crippen LogP contribution in [0.2, 0.25) is 0 Å². The van der Waals surface area contributed by atoms with Crippen molar-refractivity contribution in [1.82, 2.24) is 20.2 Å². The van der Waals surface area contributed by atoms with Gasteiger partial charge in [-0.05, 0) is 5.57 Å². The molecule has 0 aliphatic carbocycles. The van der Waals surface area contributed by atoms with Gasteiger partial charge in [0, 0.05) is 36.6 Å². The van der Waals surface area contributed by atoms with Crippen LogP contribution in [-0.2, 0) is 25.5 Å². The summed E-state index contributed by atoms with van der Waals surface area (Å²) < 4.78 is 5.39. The van der Waals surface area contributed by atoms with Crippen molar-refractivity contribution in [3.8, 4) is 0 Å². The van der Waals surface area contributed by atoms with Crippen LogP contribution in [-0.4, -0.2) is 67.5 Å². The molecule has 2 atom stereocenters. The number of ether oxygens (including phenoxy) is 1. The van der Waals surface area contributed by atoms with Gasteiger partial charge in [0.2, 0.25) is 11.0 Å². The zero-order valence-electron chi connectivity index (χ0n) is 18.4. The Hall–Kier alpha value is -2.09. The molecule has 3 heterocycles. The number of aliphatic carboxylic acids is 1. The second-order valence-corrected chi connectivity index (χ2v) is 9.24. The molecule has 1 fully saturated rings. The molecular weight excluding hydrogens is 491 g/mol. The third kappa shape index (κ3) is 4.97. The minimum atomic E-state index is -1.70. The van der Waals surface area contributed by atoms with Crippen molar-refractivity contribution >= 4 is 46.4 Å². The minimum absolute atomic E-state index is 0. The number of imidazole rings is 1. The van der Waals surface area contributed by atoms with E-state index in [0.29, 0.717) is 17.0 Å². The van der Waals surface area contributed by atoms with Crippen molar-refractivity contribution < 1.29 is 58.6 Å². The van der Waals surface area contributed by atoms with Gasteiger partial charge in [0.25, 0.3) is 11.6 Å². The number of aromatic nitrogens is 2. The Morgan fingerprint density at radius 3 is 2.71 bits per heavy atom. The maximum atomic E-state index is 13.1. The zero-order chi connectivity index (χ0) is 23.6. The number of nitrogens with one attached hydrogen (secondary N) is 2. The van der Waals surface area contributed by atoms with Crippen molar-refractivity contribution in [1.29, 1.82) is 0 Å². The smallest absolute Gasteiger partial charge is 0.543 e. The monoisotopic (exact) mass is 510 g/mol. The Kier molecular flexibility index (Phi) is 8.66. The number of rotatable bonds is 8. The molecule has 1 unspecified atom stereocenters. The van der Waals surface area contributed by atoms with Crippen molar-refractivity contribution in [2.75, 3.05) is 18.6 Å². The molecule has 0 spiro atoms. The van der Waals surface area contributed by atoms with Gasteiger partial charge in [-0.15, -0.1) is 11.8 Å². The summed E-state index contributed by atoms with van der Waals surface area (Å²) in [6.45, 7) is 0. The summed E-state index contributed by atoms with van der Waals surface area (Å²) in [6, 6.07) is 8.62. The number of β-lactam (4-membered cyclic amide) rings is 1. The molecule has 2 amide bonds. The molecule has 34 heavy (non-hydrogen) atoms. The van der Waals surface area contributed by atoms with Crippen LogP contribution >= 0.6 is 23.5 Å². The largest absolute Gasteiger partial charge is 1.00 e. The standard InChI is InChI=1S/C21H20N4O6S2.Na/c1-31-21(24-15(26)9-14-22-7-8-23-14)19(30)25-16(17(27)28)13(11-33-20(21)25)10-32-18(29)12-5-3-2-4-6-12;/h2-8,20H,9-11H2,1H3,(H,22,23)(H,24,26)(H,27,28);/q;+1/p-1/t20-,21?;/m1./s1. The molecular formula is C21H19N4NaO6S2. The molecule has 2 aliphatic rings. The van der Waals surface area contributed by atoms with E-state index in [4.69, 9.17) is 4.74 Å². The molecule has 0 bridgehead atoms. The third-order valence-electron chi connectivity index (χ3n) is 5.22. The fraction of sp³-hybridized carbons (Fsp3) is 0.286. The molecule has 2 aliphatic heterocycles. The van der Waals surface area contributed by atoms with Gasteiger partial charge in [0.15, 0.2) is 0 Å². The molecule has 2 N–H and O–H groups in total. The van der Waals surface area contributed by atoms with Crippen LogP contribution in [0.4, 0.5) is 0 Å². The van der Waals surface area contributed by atoms with Crippen molar-refractivity contribution in [2.24, 2.45) is 0 Å². The first kappa shape index (κ1) is 26.5. The Labute approximate surface area is 225 Å². The fourth-order valence-electron chi connectivity index (χ4n) is 3.65. The number of hydrogen-bond acceptors (Lipinski definition) is 9. The number of carbonyl (C=O) groups excluding carboxylic acids is 4. The van der Waals surface area contributed by atoms with Gasteiger partial charge in [-0.2, -0.15) is 0 Å². The average Bonchev–Trinajstić information content (AvgIpc) is 3.33. The number of carbonyl (C=O) groups is 4. The summed E-state index contributed by atoms with van der Waals surface area (Å²) in [7, 11) is 1.27. The Morgan fingerprint density at radius 2 is 2.09 bits per heavy atom. The van der Waals surface area contributed by atoms with Crippen LogP contribution in [0.5, 0.6) is 0 Å². The summed E-state index contributed by atoms with van der Waals surface area (Å²) in [5.41, 5.74) is -1.10. The van der Waals surface area contributed by atoms with E-state index < -0.39 is 28.9 Å². The number of carboxylic acids is 1. The SMILES string of the molecule is COC1(NC(=O)Cc2ncc[nH]2)C(=O)N2C(C(=O)[O-])=C(CSC(=O)c3ccccc3)CS[C@@H]21.[Na+]. The number of carboxylic acid groups (broad SMARTS) is 1. The second-order valence-electron chi connectivity index (χ2n) is 7.22. The van der Waals surface area contributed by atoms with E-state index in [2.05, 4.69) is 15.3 Å². The van der Waals surface area contributed by atoms with Gasteiger partial charge in [-0.3, -0.25) is 19.3 Å². The summed E-state index contributed by atoms with van der Waals surface area (Å²) in [6.07, 6.45) is 2.97. The number of methoxy groups -OCH3 is 1. The summed E-state index contributed by atoms with van der Waals surface area (Å²) in [4.78, 5) is 57.7. The fourth-order valence-corrected chi connectivity index (χ4v) is 6.07. The molecule has 1 aromatic heterocycles. The van der Waals surface area contributed by atoms with Crippen LogP contribution in [0.15, 0.2) is 54.0 Å². The molecule has 2 aromatic rings. The van der Waals surface area contributed by atoms with E-state index in [0.717, 1.165) is 16.7 Å². The second kappa shape index (κ2) is 11.1. The van der Waals surface area contributed by atoms with Crippen molar-refractivity contribution in [2.45, 2.75) is 17.5 Å². The van der Waals surface area contributed by atoms with E-state index in [-0.39, 0.29) is 58.3 Å². The van der Waals surface area contributed by atoms with Gasteiger partial charge in [0.05, 0.1) is 18.1 Å². The van der Waals surface area contributed by atoms with Crippen molar-refractivity contribution in [3.05, 3.63) is 65.4 Å². The number of amides is 2. The summed E-state index contributed by atoms with van der Waals surface area (Å²) in [5.74, 6) is -2.02. The van der Waals surface area contributed by atoms with E-state index in [1.807, 2.05) is 0 Å². The third-order valence-corrected chi connectivity index (χ3v) is 7.58. The minimum Gasteiger partial charge on any atom is -0.543 e. The topological polar surface area (TPSA) is 145 Å². The quantitative estimate of drug-likeness (QED) is 0.214. The maximum absolute atomic E-state index is 13.1. The molecule has 172 valence electrons. The van der Waals surface area contributed by atoms with E-state index >= 15 is 0 Å². The summed E-state index contributed by atoms with van der Waals surface area (Å²) in [5, 5.41) is 13.5. The number of nitrogens with zero attached hydrogens (tertiary/aromatic N) is 2.